The van der Waals surface area contributed by atoms with Gasteiger partial charge in [-0.05, 0) is 38.5 Å². The first-order valence-electron chi connectivity index (χ1n) is 7.65. The Hall–Kier alpha value is -0.330. The van der Waals surface area contributed by atoms with E-state index in [0.717, 1.165) is 38.5 Å². The molecule has 124 valence electrons. The summed E-state index contributed by atoms with van der Waals surface area (Å²) in [6.45, 7) is 3.23. The van der Waals surface area contributed by atoms with Crippen LogP contribution in [0.4, 0.5) is 0 Å². The number of nitrogens with two attached hydrogens (primary N) is 1. The number of carbonyl (C=O) groups excluding carboxylic acids is 1. The summed E-state index contributed by atoms with van der Waals surface area (Å²) in [6, 6.07) is 0.0528. The Morgan fingerprint density at radius 3 is 2.43 bits per heavy atom. The molecule has 2 N–H and O–H groups in total. The number of piperidine rings is 1. The van der Waals surface area contributed by atoms with Crippen molar-refractivity contribution in [3.8, 4) is 0 Å². The molecular formula is C14H27ClN2O3S. The van der Waals surface area contributed by atoms with Gasteiger partial charge in [-0.15, -0.1) is 12.4 Å². The second kappa shape index (κ2) is 7.79. The highest BCUT2D eigenvalue weighted by Crippen LogP contribution is 2.26. The maximum atomic E-state index is 12.2. The number of likely N-dealkylation sites (tertiary alicyclic amines) is 1. The van der Waals surface area contributed by atoms with E-state index in [9.17, 15) is 13.2 Å². The zero-order chi connectivity index (χ0) is 14.8. The van der Waals surface area contributed by atoms with Gasteiger partial charge in [0, 0.05) is 19.1 Å². The minimum absolute atomic E-state index is 0. The van der Waals surface area contributed by atoms with Gasteiger partial charge in [0.05, 0.1) is 5.25 Å². The van der Waals surface area contributed by atoms with Crippen LogP contribution in [0.15, 0.2) is 0 Å². The van der Waals surface area contributed by atoms with E-state index in [4.69, 9.17) is 5.73 Å². The highest BCUT2D eigenvalue weighted by atomic mass is 35.5. The molecule has 1 saturated carbocycles. The number of halogens is 1. The third kappa shape index (κ3) is 4.83. The van der Waals surface area contributed by atoms with Gasteiger partial charge < -0.3 is 10.6 Å². The number of nitrogens with zero attached hydrogens (tertiary/aromatic N) is 1. The van der Waals surface area contributed by atoms with Crippen LogP contribution in [0.1, 0.15) is 45.4 Å². The van der Waals surface area contributed by atoms with Gasteiger partial charge in [-0.3, -0.25) is 4.79 Å². The number of hydrogen-bond acceptors (Lipinski definition) is 4. The summed E-state index contributed by atoms with van der Waals surface area (Å²) < 4.78 is 24.5. The predicted octanol–water partition coefficient (Wildman–Crippen LogP) is 1.35. The van der Waals surface area contributed by atoms with Crippen LogP contribution in [0, 0.1) is 5.92 Å². The number of carbonyl (C=O) groups is 1. The lowest BCUT2D eigenvalue weighted by Crippen LogP contribution is -2.47. The van der Waals surface area contributed by atoms with Gasteiger partial charge >= 0.3 is 0 Å². The maximum Gasteiger partial charge on any atom is 0.237 e. The van der Waals surface area contributed by atoms with E-state index in [1.807, 2.05) is 6.92 Å². The smallest absolute Gasteiger partial charge is 0.237 e. The Morgan fingerprint density at radius 2 is 1.86 bits per heavy atom. The van der Waals surface area contributed by atoms with Gasteiger partial charge in [0.25, 0.3) is 0 Å². The first-order chi connectivity index (χ1) is 9.40. The average molecular weight is 339 g/mol. The molecule has 1 aliphatic carbocycles. The van der Waals surface area contributed by atoms with Crippen LogP contribution in [-0.4, -0.2) is 49.4 Å². The second-order valence-corrected chi connectivity index (χ2v) is 8.60. The minimum Gasteiger partial charge on any atom is -0.341 e. The molecule has 0 spiro atoms. The summed E-state index contributed by atoms with van der Waals surface area (Å²) in [5.41, 5.74) is 5.90. The summed E-state index contributed by atoms with van der Waals surface area (Å²) in [6.07, 6.45) is 5.32. The van der Waals surface area contributed by atoms with E-state index in [1.54, 1.807) is 4.90 Å². The molecule has 1 aliphatic heterocycles. The lowest BCUT2D eigenvalue weighted by atomic mass is 9.92. The molecule has 0 radical (unpaired) electrons. The first kappa shape index (κ1) is 18.7. The van der Waals surface area contributed by atoms with Gasteiger partial charge in [0.1, 0.15) is 5.75 Å². The summed E-state index contributed by atoms with van der Waals surface area (Å²) in [4.78, 5) is 13.9. The van der Waals surface area contributed by atoms with Crippen molar-refractivity contribution in [1.82, 2.24) is 4.90 Å². The quantitative estimate of drug-likeness (QED) is 0.839. The van der Waals surface area contributed by atoms with Crippen LogP contribution in [-0.2, 0) is 14.6 Å². The van der Waals surface area contributed by atoms with E-state index in [0.29, 0.717) is 19.0 Å². The molecule has 0 aromatic heterocycles. The predicted molar refractivity (Wildman–Crippen MR) is 86.2 cm³/mol. The second-order valence-electron chi connectivity index (χ2n) is 6.31. The Balaban J connectivity index is 0.00000220. The van der Waals surface area contributed by atoms with Crippen molar-refractivity contribution >= 4 is 28.2 Å². The molecule has 2 fully saturated rings. The van der Waals surface area contributed by atoms with Gasteiger partial charge in [-0.2, -0.15) is 0 Å². The molecule has 1 saturated heterocycles. The van der Waals surface area contributed by atoms with Crippen molar-refractivity contribution in [3.05, 3.63) is 0 Å². The Labute approximate surface area is 134 Å². The van der Waals surface area contributed by atoms with Gasteiger partial charge in [-0.25, -0.2) is 8.42 Å². The molecule has 1 heterocycles. The van der Waals surface area contributed by atoms with E-state index in [1.165, 1.54) is 0 Å². The van der Waals surface area contributed by atoms with E-state index < -0.39 is 9.84 Å². The fourth-order valence-corrected chi connectivity index (χ4v) is 5.11. The average Bonchev–Trinajstić information content (AvgIpc) is 2.93. The van der Waals surface area contributed by atoms with Gasteiger partial charge in [0.15, 0.2) is 9.84 Å². The molecule has 0 aromatic carbocycles. The highest BCUT2D eigenvalue weighted by molar-refractivity contribution is 7.92. The van der Waals surface area contributed by atoms with Crippen molar-refractivity contribution in [2.75, 3.05) is 18.8 Å². The van der Waals surface area contributed by atoms with E-state index in [-0.39, 0.29) is 35.4 Å². The summed E-state index contributed by atoms with van der Waals surface area (Å²) in [7, 11) is -3.27. The molecule has 0 aromatic rings. The van der Waals surface area contributed by atoms with Gasteiger partial charge in [-0.1, -0.05) is 12.8 Å². The molecule has 2 aliphatic rings. The van der Waals surface area contributed by atoms with Crippen LogP contribution < -0.4 is 5.73 Å². The lowest BCUT2D eigenvalue weighted by Gasteiger charge is -2.34. The molecule has 1 amide bonds. The molecule has 2 unspecified atom stereocenters. The number of hydrogen-bond donors (Lipinski definition) is 1. The largest absolute Gasteiger partial charge is 0.341 e. The third-order valence-corrected chi connectivity index (χ3v) is 6.83. The number of sulfone groups is 1. The summed E-state index contributed by atoms with van der Waals surface area (Å²) in [5.74, 6) is -0.257. The Bertz CT molecular complexity index is 447. The normalized spacial score (nSPS) is 25.4. The first-order valence-corrected chi connectivity index (χ1v) is 9.36. The van der Waals surface area contributed by atoms with Crippen molar-refractivity contribution in [3.63, 3.8) is 0 Å². The van der Waals surface area contributed by atoms with Crippen LogP contribution in [0.5, 0.6) is 0 Å². The standard InChI is InChI=1S/C14H26N2O3S.ClH/c1-11(15)12-5-4-8-16(9-12)14(17)10-20(18,19)13-6-2-3-7-13;/h11-13H,2-10,15H2,1H3;1H. The van der Waals surface area contributed by atoms with E-state index in [2.05, 4.69) is 0 Å². The topological polar surface area (TPSA) is 80.5 Å². The SMILES string of the molecule is CC(N)C1CCCN(C(=O)CS(=O)(=O)C2CCCC2)C1.Cl. The fourth-order valence-electron chi connectivity index (χ4n) is 3.29. The molecule has 2 atom stereocenters. The van der Waals surface area contributed by atoms with Crippen molar-refractivity contribution in [2.45, 2.75) is 56.7 Å². The van der Waals surface area contributed by atoms with Crippen LogP contribution in [0.2, 0.25) is 0 Å². The van der Waals surface area contributed by atoms with E-state index >= 15 is 0 Å². The van der Waals surface area contributed by atoms with Crippen molar-refractivity contribution in [1.29, 1.82) is 0 Å². The molecule has 0 bridgehead atoms. The monoisotopic (exact) mass is 338 g/mol. The fraction of sp³-hybridized carbons (Fsp3) is 0.929. The highest BCUT2D eigenvalue weighted by Gasteiger charge is 2.33. The minimum atomic E-state index is -3.27. The van der Waals surface area contributed by atoms with Gasteiger partial charge in [0.2, 0.25) is 5.91 Å². The Kier molecular flexibility index (Phi) is 6.94. The van der Waals surface area contributed by atoms with Crippen LogP contribution in [0.3, 0.4) is 0 Å². The molecule has 21 heavy (non-hydrogen) atoms. The van der Waals surface area contributed by atoms with Crippen molar-refractivity contribution in [2.24, 2.45) is 11.7 Å². The molecule has 2 rings (SSSR count). The molecule has 5 nitrogen and oxygen atoms in total. The molecular weight excluding hydrogens is 312 g/mol. The zero-order valence-corrected chi connectivity index (χ0v) is 14.3. The van der Waals surface area contributed by atoms with Crippen LogP contribution >= 0.6 is 12.4 Å². The third-order valence-electron chi connectivity index (χ3n) is 4.69. The number of amides is 1. The van der Waals surface area contributed by atoms with Crippen molar-refractivity contribution < 1.29 is 13.2 Å². The maximum absolute atomic E-state index is 12.2. The number of rotatable bonds is 4. The lowest BCUT2D eigenvalue weighted by molar-refractivity contribution is -0.130. The Morgan fingerprint density at radius 1 is 1.24 bits per heavy atom. The summed E-state index contributed by atoms with van der Waals surface area (Å²) in [5, 5.41) is -0.291. The van der Waals surface area contributed by atoms with Crippen LogP contribution in [0.25, 0.3) is 0 Å². The molecule has 7 heteroatoms. The summed E-state index contributed by atoms with van der Waals surface area (Å²) >= 11 is 0. The zero-order valence-electron chi connectivity index (χ0n) is 12.7.